The van der Waals surface area contributed by atoms with Crippen LogP contribution in [-0.2, 0) is 6.54 Å². The van der Waals surface area contributed by atoms with Crippen LogP contribution < -0.4 is 5.32 Å². The van der Waals surface area contributed by atoms with E-state index in [1.54, 1.807) is 23.6 Å². The Labute approximate surface area is 130 Å². The summed E-state index contributed by atoms with van der Waals surface area (Å²) in [4.78, 5) is 22.3. The Balaban J connectivity index is 1.53. The molecule has 6 nitrogen and oxygen atoms in total. The highest BCUT2D eigenvalue weighted by molar-refractivity contribution is 5.74. The van der Waals surface area contributed by atoms with Gasteiger partial charge in [0.15, 0.2) is 0 Å². The Morgan fingerprint density at radius 2 is 2.32 bits per heavy atom. The summed E-state index contributed by atoms with van der Waals surface area (Å²) in [7, 11) is 1.86. The van der Waals surface area contributed by atoms with Crippen LogP contribution in [0, 0.1) is 5.92 Å². The highest BCUT2D eigenvalue weighted by Gasteiger charge is 2.32. The molecule has 2 amide bonds. The number of amides is 2. The molecule has 0 radical (unpaired) electrons. The lowest BCUT2D eigenvalue weighted by Gasteiger charge is -2.25. The van der Waals surface area contributed by atoms with Gasteiger partial charge in [-0.25, -0.2) is 14.8 Å². The van der Waals surface area contributed by atoms with Gasteiger partial charge in [-0.3, -0.25) is 4.57 Å². The van der Waals surface area contributed by atoms with Gasteiger partial charge in [0.25, 0.3) is 0 Å². The van der Waals surface area contributed by atoms with Crippen molar-refractivity contribution in [2.24, 2.45) is 5.92 Å². The van der Waals surface area contributed by atoms with E-state index >= 15 is 0 Å². The van der Waals surface area contributed by atoms with Crippen LogP contribution >= 0.6 is 0 Å². The van der Waals surface area contributed by atoms with Crippen molar-refractivity contribution >= 4 is 6.03 Å². The molecule has 2 aromatic heterocycles. The summed E-state index contributed by atoms with van der Waals surface area (Å²) < 4.78 is 1.84. The molecule has 1 unspecified atom stereocenters. The van der Waals surface area contributed by atoms with Gasteiger partial charge in [0.05, 0.1) is 0 Å². The Morgan fingerprint density at radius 1 is 1.50 bits per heavy atom. The van der Waals surface area contributed by atoms with Gasteiger partial charge in [-0.1, -0.05) is 6.07 Å². The number of imidazole rings is 1. The second-order valence-electron chi connectivity index (χ2n) is 5.84. The number of hydrogen-bond acceptors (Lipinski definition) is 3. The van der Waals surface area contributed by atoms with E-state index in [-0.39, 0.29) is 6.03 Å². The van der Waals surface area contributed by atoms with Gasteiger partial charge in [-0.2, -0.15) is 0 Å². The van der Waals surface area contributed by atoms with Gasteiger partial charge in [0.2, 0.25) is 0 Å². The predicted octanol–water partition coefficient (Wildman–Crippen LogP) is 2.21. The summed E-state index contributed by atoms with van der Waals surface area (Å²) in [6.45, 7) is 2.59. The monoisotopic (exact) mass is 299 g/mol. The number of rotatable bonds is 5. The zero-order valence-electron chi connectivity index (χ0n) is 12.9. The molecule has 6 heteroatoms. The molecular weight excluding hydrogens is 278 g/mol. The van der Waals surface area contributed by atoms with Crippen molar-refractivity contribution in [2.75, 3.05) is 7.05 Å². The van der Waals surface area contributed by atoms with E-state index in [1.807, 2.05) is 29.9 Å². The molecule has 2 aromatic rings. The second-order valence-corrected chi connectivity index (χ2v) is 5.84. The quantitative estimate of drug-likeness (QED) is 0.920. The summed E-state index contributed by atoms with van der Waals surface area (Å²) in [6.07, 6.45) is 9.51. The van der Waals surface area contributed by atoms with Gasteiger partial charge in [0.1, 0.15) is 12.1 Å². The largest absolute Gasteiger partial charge is 0.334 e. The van der Waals surface area contributed by atoms with Gasteiger partial charge >= 0.3 is 6.03 Å². The van der Waals surface area contributed by atoms with Gasteiger partial charge in [-0.15, -0.1) is 0 Å². The lowest BCUT2D eigenvalue weighted by Crippen LogP contribution is -2.43. The first-order valence-electron chi connectivity index (χ1n) is 7.59. The van der Waals surface area contributed by atoms with Crippen LogP contribution in [0.4, 0.5) is 4.79 Å². The van der Waals surface area contributed by atoms with Crippen molar-refractivity contribution in [1.29, 1.82) is 0 Å². The fourth-order valence-corrected chi connectivity index (χ4v) is 2.45. The van der Waals surface area contributed by atoms with Crippen molar-refractivity contribution < 1.29 is 4.79 Å². The molecule has 0 aliphatic heterocycles. The molecule has 3 rings (SSSR count). The van der Waals surface area contributed by atoms with E-state index in [0.717, 1.165) is 11.4 Å². The number of aromatic nitrogens is 3. The first-order valence-corrected chi connectivity index (χ1v) is 7.59. The van der Waals surface area contributed by atoms with Gasteiger partial charge < -0.3 is 10.2 Å². The minimum atomic E-state index is -0.0295. The molecule has 0 bridgehead atoms. The average Bonchev–Trinajstić information content (AvgIpc) is 3.26. The summed E-state index contributed by atoms with van der Waals surface area (Å²) in [5.41, 5.74) is 0.977. The zero-order chi connectivity index (χ0) is 15.5. The van der Waals surface area contributed by atoms with Crippen molar-refractivity contribution in [2.45, 2.75) is 32.4 Å². The lowest BCUT2D eigenvalue weighted by molar-refractivity contribution is 0.187. The van der Waals surface area contributed by atoms with Crippen LogP contribution in [-0.4, -0.2) is 38.6 Å². The molecule has 1 atom stereocenters. The van der Waals surface area contributed by atoms with Gasteiger partial charge in [-0.05, 0) is 37.3 Å². The van der Waals surface area contributed by atoms with Crippen molar-refractivity contribution in [3.05, 3.63) is 42.6 Å². The van der Waals surface area contributed by atoms with Crippen LogP contribution in [0.15, 0.2) is 37.1 Å². The van der Waals surface area contributed by atoms with Crippen LogP contribution in [0.5, 0.6) is 0 Å². The second kappa shape index (κ2) is 6.17. The molecule has 116 valence electrons. The molecule has 22 heavy (non-hydrogen) atoms. The first-order chi connectivity index (χ1) is 10.6. The van der Waals surface area contributed by atoms with E-state index in [0.29, 0.717) is 18.5 Å². The molecule has 1 N–H and O–H groups in total. The highest BCUT2D eigenvalue weighted by atomic mass is 16.2. The fourth-order valence-electron chi connectivity index (χ4n) is 2.45. The maximum Gasteiger partial charge on any atom is 0.317 e. The number of pyridine rings is 1. The Hall–Kier alpha value is -2.37. The van der Waals surface area contributed by atoms with Gasteiger partial charge in [0, 0.05) is 38.2 Å². The van der Waals surface area contributed by atoms with E-state index in [1.165, 1.54) is 12.8 Å². The number of nitrogens with one attached hydrogen (secondary N) is 1. The van der Waals surface area contributed by atoms with Crippen LogP contribution in [0.25, 0.3) is 5.82 Å². The van der Waals surface area contributed by atoms with E-state index in [4.69, 9.17) is 0 Å². The molecule has 0 saturated heterocycles. The normalized spacial score (nSPS) is 15.4. The minimum Gasteiger partial charge on any atom is -0.334 e. The van der Waals surface area contributed by atoms with Crippen molar-refractivity contribution in [3.8, 4) is 5.82 Å². The molecule has 1 aliphatic carbocycles. The zero-order valence-corrected chi connectivity index (χ0v) is 12.9. The third-order valence-corrected chi connectivity index (χ3v) is 4.26. The van der Waals surface area contributed by atoms with E-state index in [2.05, 4.69) is 22.2 Å². The smallest absolute Gasteiger partial charge is 0.317 e. The molecular formula is C16H21N5O. The number of nitrogens with zero attached hydrogens (tertiary/aromatic N) is 4. The highest BCUT2D eigenvalue weighted by Crippen LogP contribution is 2.34. The minimum absolute atomic E-state index is 0.0295. The Bertz CT molecular complexity index is 618. The summed E-state index contributed by atoms with van der Waals surface area (Å²) >= 11 is 0. The van der Waals surface area contributed by atoms with E-state index in [9.17, 15) is 4.79 Å². The molecule has 1 saturated carbocycles. The van der Waals surface area contributed by atoms with Crippen LogP contribution in [0.1, 0.15) is 25.3 Å². The summed E-state index contributed by atoms with van der Waals surface area (Å²) in [5, 5.41) is 2.94. The Morgan fingerprint density at radius 3 is 2.91 bits per heavy atom. The van der Waals surface area contributed by atoms with Crippen molar-refractivity contribution in [3.63, 3.8) is 0 Å². The fraction of sp³-hybridized carbons (Fsp3) is 0.438. The molecule has 0 aromatic carbocycles. The first kappa shape index (κ1) is 14.6. The summed E-state index contributed by atoms with van der Waals surface area (Å²) in [5.74, 6) is 1.49. The molecule has 1 fully saturated rings. The molecule has 2 heterocycles. The maximum atomic E-state index is 12.1. The number of carbonyl (C=O) groups is 1. The third-order valence-electron chi connectivity index (χ3n) is 4.26. The average molecular weight is 299 g/mol. The number of carbonyl (C=O) groups excluding carboxylic acids is 1. The third kappa shape index (κ3) is 3.27. The SMILES string of the molecule is CC(C1CC1)N(C)C(=O)NCc1ccc(-n2ccnc2)nc1. The maximum absolute atomic E-state index is 12.1. The summed E-state index contributed by atoms with van der Waals surface area (Å²) in [6, 6.07) is 4.16. The van der Waals surface area contributed by atoms with Crippen molar-refractivity contribution in [1.82, 2.24) is 24.8 Å². The van der Waals surface area contributed by atoms with E-state index < -0.39 is 0 Å². The molecule has 1 aliphatic rings. The topological polar surface area (TPSA) is 63.1 Å². The lowest BCUT2D eigenvalue weighted by atomic mass is 10.2. The predicted molar refractivity (Wildman–Crippen MR) is 83.5 cm³/mol. The molecule has 0 spiro atoms. The number of hydrogen-bond donors (Lipinski definition) is 1. The standard InChI is InChI=1S/C16H21N5O/c1-12(14-4-5-14)20(2)16(22)19-10-13-3-6-15(18-9-13)21-8-7-17-11-21/h3,6-9,11-12,14H,4-5,10H2,1-2H3,(H,19,22). The van der Waals surface area contributed by atoms with Crippen LogP contribution in [0.2, 0.25) is 0 Å². The van der Waals surface area contributed by atoms with Crippen LogP contribution in [0.3, 0.4) is 0 Å². The number of urea groups is 1. The Kier molecular flexibility index (Phi) is 4.09.